The lowest BCUT2D eigenvalue weighted by atomic mass is 10.0. The van der Waals surface area contributed by atoms with Crippen molar-refractivity contribution in [2.24, 2.45) is 12.9 Å². The largest absolute Gasteiger partial charge is 0.497 e. The Bertz CT molecular complexity index is 492. The second-order valence-electron chi connectivity index (χ2n) is 4.15. The van der Waals surface area contributed by atoms with Gasteiger partial charge in [0.05, 0.1) is 18.8 Å². The smallest absolute Gasteiger partial charge is 0.118 e. The Balaban J connectivity index is 2.13. The fraction of sp³-hybridized carbons (Fsp3) is 0.308. The summed E-state index contributed by atoms with van der Waals surface area (Å²) < 4.78 is 6.96. The predicted octanol–water partition coefficient (Wildman–Crippen LogP) is 1.18. The Kier molecular flexibility index (Phi) is 3.96. The molecule has 0 aliphatic rings. The van der Waals surface area contributed by atoms with Gasteiger partial charge in [0.1, 0.15) is 5.75 Å². The molecule has 0 aliphatic heterocycles. The van der Waals surface area contributed by atoms with Gasteiger partial charge in [-0.15, -0.1) is 0 Å². The fourth-order valence-electron chi connectivity index (χ4n) is 1.97. The number of benzene rings is 1. The molecule has 0 bridgehead atoms. The molecule has 0 saturated heterocycles. The zero-order valence-corrected chi connectivity index (χ0v) is 10.6. The van der Waals surface area contributed by atoms with E-state index in [0.717, 1.165) is 17.9 Å². The highest BCUT2D eigenvalue weighted by molar-refractivity contribution is 5.28. The highest BCUT2D eigenvalue weighted by Crippen LogP contribution is 2.19. The Morgan fingerprint density at radius 3 is 2.56 bits per heavy atom. The number of aryl methyl sites for hydroxylation is 1. The minimum Gasteiger partial charge on any atom is -0.497 e. The van der Waals surface area contributed by atoms with Crippen molar-refractivity contribution in [2.75, 3.05) is 7.11 Å². The van der Waals surface area contributed by atoms with E-state index in [0.29, 0.717) is 0 Å². The topological polar surface area (TPSA) is 65.1 Å². The molecule has 1 atom stereocenters. The summed E-state index contributed by atoms with van der Waals surface area (Å²) in [6, 6.07) is 10.00. The molecule has 2 aromatic rings. The van der Waals surface area contributed by atoms with Crippen molar-refractivity contribution < 1.29 is 4.74 Å². The second kappa shape index (κ2) is 5.66. The van der Waals surface area contributed by atoms with Gasteiger partial charge in [0.2, 0.25) is 0 Å². The van der Waals surface area contributed by atoms with E-state index < -0.39 is 0 Å². The first-order chi connectivity index (χ1) is 8.74. The van der Waals surface area contributed by atoms with E-state index in [2.05, 4.69) is 10.5 Å². The summed E-state index contributed by atoms with van der Waals surface area (Å²) in [4.78, 5) is 0. The molecule has 96 valence electrons. The molecule has 5 heteroatoms. The van der Waals surface area contributed by atoms with Crippen molar-refractivity contribution >= 4 is 0 Å². The third kappa shape index (κ3) is 2.69. The molecule has 1 aromatic heterocycles. The van der Waals surface area contributed by atoms with Crippen LogP contribution >= 0.6 is 0 Å². The van der Waals surface area contributed by atoms with E-state index in [9.17, 15) is 0 Å². The van der Waals surface area contributed by atoms with Crippen molar-refractivity contribution in [2.45, 2.75) is 12.5 Å². The minimum absolute atomic E-state index is 0.0471. The first-order valence-electron chi connectivity index (χ1n) is 5.81. The number of methoxy groups -OCH3 is 1. The zero-order chi connectivity index (χ0) is 13.0. The number of hydrazine groups is 1. The third-order valence-corrected chi connectivity index (χ3v) is 3.02. The third-order valence-electron chi connectivity index (χ3n) is 3.02. The molecule has 5 nitrogen and oxygen atoms in total. The summed E-state index contributed by atoms with van der Waals surface area (Å²) in [6.45, 7) is 0. The van der Waals surface area contributed by atoms with Crippen LogP contribution in [-0.2, 0) is 13.5 Å². The van der Waals surface area contributed by atoms with E-state index in [4.69, 9.17) is 10.6 Å². The number of aromatic nitrogens is 2. The van der Waals surface area contributed by atoms with Crippen LogP contribution in [0.5, 0.6) is 5.75 Å². The lowest BCUT2D eigenvalue weighted by molar-refractivity contribution is 0.414. The van der Waals surface area contributed by atoms with Gasteiger partial charge < -0.3 is 4.74 Å². The molecule has 2 rings (SSSR count). The highest BCUT2D eigenvalue weighted by atomic mass is 16.5. The zero-order valence-electron chi connectivity index (χ0n) is 10.6. The van der Waals surface area contributed by atoms with Crippen molar-refractivity contribution in [1.29, 1.82) is 0 Å². The van der Waals surface area contributed by atoms with E-state index >= 15 is 0 Å². The summed E-state index contributed by atoms with van der Waals surface area (Å²) in [5.41, 5.74) is 5.09. The molecule has 1 heterocycles. The normalized spacial score (nSPS) is 12.4. The van der Waals surface area contributed by atoms with Crippen molar-refractivity contribution in [3.8, 4) is 5.75 Å². The molecule has 1 unspecified atom stereocenters. The molecular formula is C13H18N4O. The van der Waals surface area contributed by atoms with Gasteiger partial charge in [0.15, 0.2) is 0 Å². The van der Waals surface area contributed by atoms with Crippen molar-refractivity contribution in [3.63, 3.8) is 0 Å². The van der Waals surface area contributed by atoms with Gasteiger partial charge in [-0.2, -0.15) is 5.10 Å². The fourth-order valence-corrected chi connectivity index (χ4v) is 1.97. The first-order valence-corrected chi connectivity index (χ1v) is 5.81. The van der Waals surface area contributed by atoms with Gasteiger partial charge in [-0.1, -0.05) is 12.1 Å². The SMILES string of the molecule is COc1ccc(CC(NN)c2ccnn2C)cc1. The van der Waals surface area contributed by atoms with Gasteiger partial charge in [-0.25, -0.2) is 0 Å². The monoisotopic (exact) mass is 246 g/mol. The molecule has 0 aliphatic carbocycles. The van der Waals surface area contributed by atoms with Crippen molar-refractivity contribution in [3.05, 3.63) is 47.8 Å². The number of nitrogens with one attached hydrogen (secondary N) is 1. The summed E-state index contributed by atoms with van der Waals surface area (Å²) in [5.74, 6) is 6.48. The molecule has 0 amide bonds. The second-order valence-corrected chi connectivity index (χ2v) is 4.15. The summed E-state index contributed by atoms with van der Waals surface area (Å²) >= 11 is 0. The van der Waals surface area contributed by atoms with Gasteiger partial charge in [-0.3, -0.25) is 16.0 Å². The molecule has 3 N–H and O–H groups in total. The molecule has 0 spiro atoms. The Labute approximate surface area is 107 Å². The first kappa shape index (κ1) is 12.6. The van der Waals surface area contributed by atoms with Gasteiger partial charge >= 0.3 is 0 Å². The summed E-state index contributed by atoms with van der Waals surface area (Å²) in [5, 5.41) is 4.16. The van der Waals surface area contributed by atoms with Crippen LogP contribution < -0.4 is 16.0 Å². The minimum atomic E-state index is 0.0471. The maximum atomic E-state index is 5.62. The Hall–Kier alpha value is -1.85. The molecule has 18 heavy (non-hydrogen) atoms. The molecule has 1 aromatic carbocycles. The van der Waals surface area contributed by atoms with Crippen molar-refractivity contribution in [1.82, 2.24) is 15.2 Å². The molecular weight excluding hydrogens is 228 g/mol. The highest BCUT2D eigenvalue weighted by Gasteiger charge is 2.13. The van der Waals surface area contributed by atoms with Crippen LogP contribution in [0.3, 0.4) is 0 Å². The predicted molar refractivity (Wildman–Crippen MR) is 70.0 cm³/mol. The van der Waals surface area contributed by atoms with Crippen LogP contribution in [0.1, 0.15) is 17.3 Å². The van der Waals surface area contributed by atoms with Crippen LogP contribution in [0.2, 0.25) is 0 Å². The lowest BCUT2D eigenvalue weighted by Gasteiger charge is -2.16. The standard InChI is InChI=1S/C13H18N4O/c1-17-13(7-8-15-17)12(16-14)9-10-3-5-11(18-2)6-4-10/h3-8,12,16H,9,14H2,1-2H3. The van der Waals surface area contributed by atoms with E-state index in [-0.39, 0.29) is 6.04 Å². The van der Waals surface area contributed by atoms with Crippen LogP contribution in [0.25, 0.3) is 0 Å². The summed E-state index contributed by atoms with van der Waals surface area (Å²) in [7, 11) is 3.57. The quantitative estimate of drug-likeness (QED) is 0.614. The van der Waals surface area contributed by atoms with Gasteiger partial charge in [0, 0.05) is 13.2 Å². The molecule has 0 fully saturated rings. The molecule has 0 radical (unpaired) electrons. The van der Waals surface area contributed by atoms with Crippen LogP contribution in [0.15, 0.2) is 36.5 Å². The Morgan fingerprint density at radius 1 is 1.33 bits per heavy atom. The van der Waals surface area contributed by atoms with Gasteiger partial charge in [0.25, 0.3) is 0 Å². The van der Waals surface area contributed by atoms with Crippen LogP contribution in [0.4, 0.5) is 0 Å². The van der Waals surface area contributed by atoms with E-state index in [1.54, 1.807) is 13.3 Å². The average Bonchev–Trinajstić information content (AvgIpc) is 2.83. The lowest BCUT2D eigenvalue weighted by Crippen LogP contribution is -2.31. The van der Waals surface area contributed by atoms with Gasteiger partial charge in [-0.05, 0) is 30.2 Å². The van der Waals surface area contributed by atoms with E-state index in [1.165, 1.54) is 5.56 Å². The van der Waals surface area contributed by atoms with E-state index in [1.807, 2.05) is 42.1 Å². The average molecular weight is 246 g/mol. The molecule has 0 saturated carbocycles. The number of rotatable bonds is 5. The van der Waals surface area contributed by atoms with Crippen LogP contribution in [0, 0.1) is 0 Å². The van der Waals surface area contributed by atoms with Crippen LogP contribution in [-0.4, -0.2) is 16.9 Å². The number of nitrogens with two attached hydrogens (primary N) is 1. The number of hydrogen-bond acceptors (Lipinski definition) is 4. The summed E-state index contributed by atoms with van der Waals surface area (Å²) in [6.07, 6.45) is 2.58. The number of nitrogens with zero attached hydrogens (tertiary/aromatic N) is 2. The number of hydrogen-bond donors (Lipinski definition) is 2. The maximum Gasteiger partial charge on any atom is 0.118 e. The number of ether oxygens (including phenoxy) is 1. The Morgan fingerprint density at radius 2 is 2.06 bits per heavy atom. The maximum absolute atomic E-state index is 5.62.